The predicted molar refractivity (Wildman–Crippen MR) is 92.1 cm³/mol. The highest BCUT2D eigenvalue weighted by Gasteiger charge is 1.98. The quantitative estimate of drug-likeness (QED) is 0.556. The minimum absolute atomic E-state index is 0.220. The van der Waals surface area contributed by atoms with Gasteiger partial charge >= 0.3 is 0 Å². The van der Waals surface area contributed by atoms with Crippen LogP contribution in [-0.4, -0.2) is 24.0 Å². The maximum Gasteiger partial charge on any atom is 0.219 e. The second-order valence-electron chi connectivity index (χ2n) is 3.77. The van der Waals surface area contributed by atoms with E-state index in [9.17, 15) is 4.79 Å². The van der Waals surface area contributed by atoms with E-state index < -0.39 is 0 Å². The lowest BCUT2D eigenvalue weighted by molar-refractivity contribution is -0.121. The monoisotopic (exact) mass is 291 g/mol. The SMILES string of the molecule is CC.CC.CCCNC(=O)CCCCCSCCC. The van der Waals surface area contributed by atoms with Crippen molar-refractivity contribution >= 4 is 17.7 Å². The van der Waals surface area contributed by atoms with Crippen molar-refractivity contribution in [3.63, 3.8) is 0 Å². The predicted octanol–water partition coefficient (Wildman–Crippen LogP) is 5.27. The Hall–Kier alpha value is -0.180. The van der Waals surface area contributed by atoms with Gasteiger partial charge in [-0.15, -0.1) is 0 Å². The van der Waals surface area contributed by atoms with E-state index in [0.29, 0.717) is 6.42 Å². The molecule has 118 valence electrons. The van der Waals surface area contributed by atoms with Crippen LogP contribution in [0.25, 0.3) is 0 Å². The molecule has 0 aliphatic carbocycles. The van der Waals surface area contributed by atoms with E-state index in [1.165, 1.54) is 30.8 Å². The summed E-state index contributed by atoms with van der Waals surface area (Å²) >= 11 is 2.03. The lowest BCUT2D eigenvalue weighted by atomic mass is 10.2. The molecule has 0 aromatic rings. The Labute approximate surface area is 126 Å². The van der Waals surface area contributed by atoms with Gasteiger partial charge in [-0.3, -0.25) is 4.79 Å². The van der Waals surface area contributed by atoms with Crippen LogP contribution in [0.3, 0.4) is 0 Å². The zero-order valence-electron chi connectivity index (χ0n) is 14.2. The molecule has 2 nitrogen and oxygen atoms in total. The number of hydrogen-bond donors (Lipinski definition) is 1. The number of rotatable bonds is 10. The fraction of sp³-hybridized carbons (Fsp3) is 0.938. The highest BCUT2D eigenvalue weighted by atomic mass is 32.2. The van der Waals surface area contributed by atoms with Crippen molar-refractivity contribution in [3.8, 4) is 0 Å². The van der Waals surface area contributed by atoms with Crippen LogP contribution in [0.4, 0.5) is 0 Å². The molecule has 0 atom stereocenters. The molecular formula is C16H37NOS. The molecule has 0 aliphatic heterocycles. The Morgan fingerprint density at radius 3 is 2.05 bits per heavy atom. The molecule has 0 radical (unpaired) electrons. The molecule has 0 rings (SSSR count). The van der Waals surface area contributed by atoms with Gasteiger partial charge in [-0.2, -0.15) is 11.8 Å². The summed E-state index contributed by atoms with van der Waals surface area (Å²) in [4.78, 5) is 11.2. The van der Waals surface area contributed by atoms with Crippen molar-refractivity contribution in [2.45, 2.75) is 80.1 Å². The zero-order chi connectivity index (χ0) is 15.4. The lowest BCUT2D eigenvalue weighted by Crippen LogP contribution is -2.23. The summed E-state index contributed by atoms with van der Waals surface area (Å²) in [5.74, 6) is 2.75. The molecule has 0 saturated heterocycles. The standard InChI is InChI=1S/C12H25NOS.2C2H6/c1-3-9-13-12(14)8-6-5-7-11-15-10-4-2;2*1-2/h3-11H2,1-2H3,(H,13,14);2*1-2H3. The highest BCUT2D eigenvalue weighted by molar-refractivity contribution is 7.99. The van der Waals surface area contributed by atoms with E-state index in [0.717, 1.165) is 19.4 Å². The number of carbonyl (C=O) groups is 1. The van der Waals surface area contributed by atoms with Gasteiger partial charge in [0.15, 0.2) is 0 Å². The van der Waals surface area contributed by atoms with Crippen LogP contribution in [0.2, 0.25) is 0 Å². The van der Waals surface area contributed by atoms with Crippen molar-refractivity contribution in [1.82, 2.24) is 5.32 Å². The average molecular weight is 292 g/mol. The molecule has 0 aliphatic rings. The zero-order valence-corrected chi connectivity index (χ0v) is 15.0. The van der Waals surface area contributed by atoms with Crippen molar-refractivity contribution in [3.05, 3.63) is 0 Å². The van der Waals surface area contributed by atoms with Gasteiger partial charge in [0.25, 0.3) is 0 Å². The molecule has 0 aromatic heterocycles. The minimum Gasteiger partial charge on any atom is -0.356 e. The molecule has 1 N–H and O–H groups in total. The van der Waals surface area contributed by atoms with Gasteiger partial charge in [0.1, 0.15) is 0 Å². The Bertz CT molecular complexity index is 152. The molecular weight excluding hydrogens is 254 g/mol. The summed E-state index contributed by atoms with van der Waals surface area (Å²) in [6.07, 6.45) is 6.49. The van der Waals surface area contributed by atoms with E-state index in [-0.39, 0.29) is 5.91 Å². The molecule has 0 saturated carbocycles. The van der Waals surface area contributed by atoms with E-state index in [4.69, 9.17) is 0 Å². The molecule has 0 bridgehead atoms. The summed E-state index contributed by atoms with van der Waals surface area (Å²) in [6.45, 7) is 13.1. The van der Waals surface area contributed by atoms with Crippen LogP contribution in [-0.2, 0) is 4.79 Å². The van der Waals surface area contributed by atoms with Gasteiger partial charge < -0.3 is 5.32 Å². The molecule has 0 heterocycles. The van der Waals surface area contributed by atoms with E-state index in [1.54, 1.807) is 0 Å². The van der Waals surface area contributed by atoms with Crippen LogP contribution in [0, 0.1) is 0 Å². The summed E-state index contributed by atoms with van der Waals surface area (Å²) in [5, 5.41) is 2.90. The largest absolute Gasteiger partial charge is 0.356 e. The summed E-state index contributed by atoms with van der Waals surface area (Å²) in [7, 11) is 0. The lowest BCUT2D eigenvalue weighted by Gasteiger charge is -2.03. The molecule has 0 unspecified atom stereocenters. The molecule has 3 heteroatoms. The van der Waals surface area contributed by atoms with E-state index >= 15 is 0 Å². The molecule has 0 aromatic carbocycles. The molecule has 1 amide bonds. The topological polar surface area (TPSA) is 29.1 Å². The molecule has 19 heavy (non-hydrogen) atoms. The van der Waals surface area contributed by atoms with Crippen LogP contribution in [0.1, 0.15) is 80.1 Å². The highest BCUT2D eigenvalue weighted by Crippen LogP contribution is 2.08. The van der Waals surface area contributed by atoms with Crippen molar-refractivity contribution in [2.24, 2.45) is 0 Å². The number of thioether (sulfide) groups is 1. The third-order valence-electron chi connectivity index (χ3n) is 2.11. The van der Waals surface area contributed by atoms with Crippen LogP contribution in [0.5, 0.6) is 0 Å². The number of nitrogens with one attached hydrogen (secondary N) is 1. The first-order chi connectivity index (χ1) is 9.31. The third-order valence-corrected chi connectivity index (χ3v) is 3.39. The number of hydrogen-bond acceptors (Lipinski definition) is 2. The maximum absolute atomic E-state index is 11.2. The van der Waals surface area contributed by atoms with E-state index in [1.807, 2.05) is 39.5 Å². The summed E-state index contributed by atoms with van der Waals surface area (Å²) in [6, 6.07) is 0. The third kappa shape index (κ3) is 27.1. The second-order valence-corrected chi connectivity index (χ2v) is 5.00. The van der Waals surface area contributed by atoms with Crippen LogP contribution >= 0.6 is 11.8 Å². The van der Waals surface area contributed by atoms with Gasteiger partial charge in [-0.1, -0.05) is 48.0 Å². The number of amides is 1. The first kappa shape index (κ1) is 23.9. The first-order valence-electron chi connectivity index (χ1n) is 8.15. The smallest absolute Gasteiger partial charge is 0.219 e. The van der Waals surface area contributed by atoms with Crippen LogP contribution in [0.15, 0.2) is 0 Å². The Morgan fingerprint density at radius 2 is 1.53 bits per heavy atom. The Kier molecular flexibility index (Phi) is 33.2. The van der Waals surface area contributed by atoms with Crippen molar-refractivity contribution in [2.75, 3.05) is 18.1 Å². The number of unbranched alkanes of at least 4 members (excludes halogenated alkanes) is 2. The second kappa shape index (κ2) is 26.4. The molecule has 0 fully saturated rings. The fourth-order valence-electron chi connectivity index (χ4n) is 1.27. The maximum atomic E-state index is 11.2. The van der Waals surface area contributed by atoms with E-state index in [2.05, 4.69) is 19.2 Å². The number of carbonyl (C=O) groups excluding carboxylic acids is 1. The first-order valence-corrected chi connectivity index (χ1v) is 9.31. The van der Waals surface area contributed by atoms with Crippen molar-refractivity contribution in [1.29, 1.82) is 0 Å². The van der Waals surface area contributed by atoms with Crippen LogP contribution < -0.4 is 5.32 Å². The Balaban J connectivity index is -0.000000579. The summed E-state index contributed by atoms with van der Waals surface area (Å²) in [5.41, 5.74) is 0. The molecule has 0 spiro atoms. The minimum atomic E-state index is 0.220. The van der Waals surface area contributed by atoms with Gasteiger partial charge in [0.2, 0.25) is 5.91 Å². The van der Waals surface area contributed by atoms with Gasteiger partial charge in [0, 0.05) is 13.0 Å². The van der Waals surface area contributed by atoms with Crippen molar-refractivity contribution < 1.29 is 4.79 Å². The Morgan fingerprint density at radius 1 is 0.895 bits per heavy atom. The van der Waals surface area contributed by atoms with Gasteiger partial charge in [-0.05, 0) is 37.2 Å². The van der Waals surface area contributed by atoms with Gasteiger partial charge in [-0.25, -0.2) is 0 Å². The van der Waals surface area contributed by atoms with Gasteiger partial charge in [0.05, 0.1) is 0 Å². The fourth-order valence-corrected chi connectivity index (χ4v) is 2.17. The normalized spacial score (nSPS) is 8.74. The average Bonchev–Trinajstić information content (AvgIpc) is 2.48. The summed E-state index contributed by atoms with van der Waals surface area (Å²) < 4.78 is 0.